The predicted octanol–water partition coefficient (Wildman–Crippen LogP) is 7.96. The van der Waals surface area contributed by atoms with E-state index in [1.165, 1.54) is 13.8 Å². The average Bonchev–Trinajstić information content (AvgIpc) is 2.83. The molecule has 0 unspecified atom stereocenters. The summed E-state index contributed by atoms with van der Waals surface area (Å²) in [6.45, 7) is 2.98. The van der Waals surface area contributed by atoms with Gasteiger partial charge in [0, 0.05) is 17.2 Å². The Balaban J connectivity index is 1.47. The molecular weight excluding hydrogens is 468 g/mol. The number of hydrogen-bond acceptors (Lipinski definition) is 5. The van der Waals surface area contributed by atoms with Crippen molar-refractivity contribution >= 4 is 17.6 Å². The minimum Gasteiger partial charge on any atom is -0.478 e. The average molecular weight is 491 g/mol. The number of rotatable bonds is 9. The van der Waals surface area contributed by atoms with Gasteiger partial charge in [0.05, 0.1) is 0 Å². The van der Waals surface area contributed by atoms with E-state index < -0.39 is 11.6 Å². The first kappa shape index (κ1) is 24.0. The molecule has 0 bridgehead atoms. The van der Waals surface area contributed by atoms with Crippen molar-refractivity contribution in [3.63, 3.8) is 0 Å². The van der Waals surface area contributed by atoms with E-state index >= 15 is 0 Å². The number of carboxylic acids is 1. The normalized spacial score (nSPS) is 10.9. The molecule has 0 saturated carbocycles. The summed E-state index contributed by atoms with van der Waals surface area (Å²) in [6, 6.07) is 28.4. The Kier molecular flexibility index (Phi) is 7.13. The fourth-order valence-electron chi connectivity index (χ4n) is 3.04. The molecule has 7 heteroatoms. The van der Waals surface area contributed by atoms with Gasteiger partial charge in [0.25, 0.3) is 0 Å². The number of benzene rings is 4. The molecule has 0 amide bonds. The van der Waals surface area contributed by atoms with Crippen molar-refractivity contribution in [1.82, 2.24) is 0 Å². The van der Waals surface area contributed by atoms with Crippen LogP contribution in [0.25, 0.3) is 0 Å². The van der Waals surface area contributed by atoms with Crippen LogP contribution in [0.3, 0.4) is 0 Å². The highest BCUT2D eigenvalue weighted by Gasteiger charge is 2.29. The maximum Gasteiger partial charge on any atom is 0.347 e. The summed E-state index contributed by atoms with van der Waals surface area (Å²) in [5.41, 5.74) is -1.33. The van der Waals surface area contributed by atoms with Crippen LogP contribution in [0, 0.1) is 0 Å². The molecule has 0 aliphatic rings. The van der Waals surface area contributed by atoms with Crippen LogP contribution in [0.5, 0.6) is 40.2 Å². The Bertz CT molecular complexity index is 1300. The number of para-hydroxylation sites is 1. The van der Waals surface area contributed by atoms with Gasteiger partial charge in [0.1, 0.15) is 28.7 Å². The largest absolute Gasteiger partial charge is 0.478 e. The number of halogens is 1. The lowest BCUT2D eigenvalue weighted by Gasteiger charge is -2.21. The molecule has 0 aliphatic heterocycles. The van der Waals surface area contributed by atoms with E-state index in [9.17, 15) is 9.90 Å². The summed E-state index contributed by atoms with van der Waals surface area (Å²) in [5.74, 6) is 2.68. The fraction of sp³-hybridized carbons (Fsp3) is 0.107. The van der Waals surface area contributed by atoms with Gasteiger partial charge in [-0.1, -0.05) is 35.9 Å². The van der Waals surface area contributed by atoms with Crippen LogP contribution in [-0.4, -0.2) is 16.7 Å². The minimum absolute atomic E-state index is 0.426. The molecule has 0 aromatic heterocycles. The van der Waals surface area contributed by atoms with E-state index in [1.807, 2.05) is 36.4 Å². The molecule has 0 fully saturated rings. The Hall–Kier alpha value is -4.16. The maximum absolute atomic E-state index is 11.2. The summed E-state index contributed by atoms with van der Waals surface area (Å²) in [4.78, 5) is 11.2. The van der Waals surface area contributed by atoms with Gasteiger partial charge < -0.3 is 24.1 Å². The number of carbonyl (C=O) groups is 1. The lowest BCUT2D eigenvalue weighted by molar-refractivity contribution is -0.152. The molecule has 0 aliphatic carbocycles. The van der Waals surface area contributed by atoms with Gasteiger partial charge in [-0.2, -0.15) is 0 Å². The summed E-state index contributed by atoms with van der Waals surface area (Å²) in [7, 11) is 0. The third-order valence-electron chi connectivity index (χ3n) is 4.86. The molecule has 0 saturated heterocycles. The zero-order valence-corrected chi connectivity index (χ0v) is 19.9. The van der Waals surface area contributed by atoms with E-state index in [0.717, 1.165) is 0 Å². The van der Waals surface area contributed by atoms with Crippen LogP contribution < -0.4 is 18.9 Å². The van der Waals surface area contributed by atoms with Crippen LogP contribution in [0.2, 0.25) is 5.02 Å². The molecule has 0 radical (unpaired) electrons. The SMILES string of the molecule is CC(C)(Oc1ccc(Oc2cccc(Oc3ccc(Cl)cc3Oc3ccccc3)c2)cc1)C(=O)O. The van der Waals surface area contributed by atoms with Gasteiger partial charge in [-0.15, -0.1) is 0 Å². The highest BCUT2D eigenvalue weighted by Crippen LogP contribution is 2.38. The van der Waals surface area contributed by atoms with Crippen molar-refractivity contribution in [3.05, 3.63) is 102 Å². The van der Waals surface area contributed by atoms with Gasteiger partial charge in [-0.25, -0.2) is 4.79 Å². The second kappa shape index (κ2) is 10.4. The van der Waals surface area contributed by atoms with Crippen molar-refractivity contribution in [2.24, 2.45) is 0 Å². The van der Waals surface area contributed by atoms with Gasteiger partial charge in [-0.3, -0.25) is 0 Å². The fourth-order valence-corrected chi connectivity index (χ4v) is 3.20. The van der Waals surface area contributed by atoms with Crippen LogP contribution in [0.4, 0.5) is 0 Å². The van der Waals surface area contributed by atoms with E-state index in [-0.39, 0.29) is 0 Å². The zero-order valence-electron chi connectivity index (χ0n) is 19.1. The smallest absolute Gasteiger partial charge is 0.347 e. The Morgan fingerprint density at radius 1 is 0.657 bits per heavy atom. The highest BCUT2D eigenvalue weighted by atomic mass is 35.5. The molecule has 4 aromatic rings. The van der Waals surface area contributed by atoms with E-state index in [4.69, 9.17) is 30.5 Å². The van der Waals surface area contributed by atoms with Crippen molar-refractivity contribution < 1.29 is 28.8 Å². The maximum atomic E-state index is 11.2. The summed E-state index contributed by atoms with van der Waals surface area (Å²) >= 11 is 6.17. The number of hydrogen-bond donors (Lipinski definition) is 1. The first-order chi connectivity index (χ1) is 16.8. The molecule has 6 nitrogen and oxygen atoms in total. The monoisotopic (exact) mass is 490 g/mol. The van der Waals surface area contributed by atoms with Crippen LogP contribution in [-0.2, 0) is 4.79 Å². The molecule has 1 N–H and O–H groups in total. The Morgan fingerprint density at radius 2 is 1.23 bits per heavy atom. The number of ether oxygens (including phenoxy) is 4. The first-order valence-corrected chi connectivity index (χ1v) is 11.2. The van der Waals surface area contributed by atoms with Gasteiger partial charge >= 0.3 is 5.97 Å². The summed E-state index contributed by atoms with van der Waals surface area (Å²) in [6.07, 6.45) is 0. The third-order valence-corrected chi connectivity index (χ3v) is 5.09. The second-order valence-corrected chi connectivity index (χ2v) is 8.51. The van der Waals surface area contributed by atoms with Crippen LogP contribution in [0.15, 0.2) is 97.1 Å². The van der Waals surface area contributed by atoms with Crippen LogP contribution >= 0.6 is 11.6 Å². The molecule has 4 rings (SSSR count). The molecule has 178 valence electrons. The molecule has 4 aromatic carbocycles. The lowest BCUT2D eigenvalue weighted by atomic mass is 10.1. The first-order valence-electron chi connectivity index (χ1n) is 10.8. The molecule has 0 heterocycles. The van der Waals surface area contributed by atoms with Crippen molar-refractivity contribution in [2.75, 3.05) is 0 Å². The van der Waals surface area contributed by atoms with E-state index in [1.54, 1.807) is 60.7 Å². The van der Waals surface area contributed by atoms with Crippen molar-refractivity contribution in [3.8, 4) is 40.2 Å². The van der Waals surface area contributed by atoms with Crippen LogP contribution in [0.1, 0.15) is 13.8 Å². The van der Waals surface area contributed by atoms with Gasteiger partial charge in [0.15, 0.2) is 17.1 Å². The topological polar surface area (TPSA) is 74.2 Å². The van der Waals surface area contributed by atoms with Crippen molar-refractivity contribution in [2.45, 2.75) is 19.4 Å². The Labute approximate surface area is 208 Å². The van der Waals surface area contributed by atoms with Gasteiger partial charge in [0.2, 0.25) is 0 Å². The zero-order chi connectivity index (χ0) is 24.8. The molecule has 0 spiro atoms. The third kappa shape index (κ3) is 6.46. The quantitative estimate of drug-likeness (QED) is 0.256. The van der Waals surface area contributed by atoms with Crippen molar-refractivity contribution in [1.29, 1.82) is 0 Å². The highest BCUT2D eigenvalue weighted by molar-refractivity contribution is 6.30. The Morgan fingerprint density at radius 3 is 1.91 bits per heavy atom. The van der Waals surface area contributed by atoms with E-state index in [2.05, 4.69) is 0 Å². The second-order valence-electron chi connectivity index (χ2n) is 8.07. The van der Waals surface area contributed by atoms with Gasteiger partial charge in [-0.05, 0) is 74.5 Å². The standard InChI is InChI=1S/C28H23ClO6/c1-28(2,27(30)31)35-22-14-12-21(13-15-22)32-23-9-6-10-24(18-23)34-25-16-11-19(29)17-26(25)33-20-7-4-3-5-8-20/h3-18H,1-2H3,(H,30,31). The molecular formula is C28H23ClO6. The minimum atomic E-state index is -1.33. The number of carboxylic acid groups (broad SMARTS) is 1. The number of aliphatic carboxylic acids is 1. The van der Waals surface area contributed by atoms with E-state index in [0.29, 0.717) is 45.3 Å². The summed E-state index contributed by atoms with van der Waals surface area (Å²) in [5, 5.41) is 9.74. The molecule has 35 heavy (non-hydrogen) atoms. The molecule has 0 atom stereocenters. The lowest BCUT2D eigenvalue weighted by Crippen LogP contribution is -2.37. The predicted molar refractivity (Wildman–Crippen MR) is 133 cm³/mol. The summed E-state index contributed by atoms with van der Waals surface area (Å²) < 4.78 is 23.5.